The van der Waals surface area contributed by atoms with Crippen molar-refractivity contribution in [2.75, 3.05) is 0 Å². The Morgan fingerprint density at radius 2 is 2.25 bits per heavy atom. The first-order chi connectivity index (χ1) is 7.65. The molecule has 4 heteroatoms. The molecule has 0 saturated heterocycles. The second-order valence-corrected chi connectivity index (χ2v) is 4.80. The van der Waals surface area contributed by atoms with Gasteiger partial charge in [0, 0.05) is 34.8 Å². The Hall–Kier alpha value is -1.26. The number of nitrogens with zero attached hydrogens (tertiary/aromatic N) is 2. The van der Waals surface area contributed by atoms with Gasteiger partial charge in [0.1, 0.15) is 0 Å². The first-order valence-corrected chi connectivity index (χ1v) is 6.22. The van der Waals surface area contributed by atoms with Crippen molar-refractivity contribution in [2.24, 2.45) is 5.73 Å². The van der Waals surface area contributed by atoms with Gasteiger partial charge in [-0.2, -0.15) is 11.3 Å². The molecule has 1 atom stereocenters. The van der Waals surface area contributed by atoms with Crippen LogP contribution in [0.3, 0.4) is 0 Å². The highest BCUT2D eigenvalue weighted by atomic mass is 32.1. The Bertz CT molecular complexity index is 463. The van der Waals surface area contributed by atoms with Gasteiger partial charge in [0.05, 0.1) is 0 Å². The molecule has 2 heterocycles. The Morgan fingerprint density at radius 1 is 1.44 bits per heavy atom. The van der Waals surface area contributed by atoms with Crippen molar-refractivity contribution in [3.63, 3.8) is 0 Å². The van der Waals surface area contributed by atoms with Crippen LogP contribution in [0.2, 0.25) is 0 Å². The van der Waals surface area contributed by atoms with Crippen molar-refractivity contribution in [1.82, 2.24) is 9.97 Å². The van der Waals surface area contributed by atoms with Crippen molar-refractivity contribution >= 4 is 11.3 Å². The molecule has 1 unspecified atom stereocenters. The van der Waals surface area contributed by atoms with E-state index in [4.69, 9.17) is 5.73 Å². The number of hydrogen-bond donors (Lipinski definition) is 1. The maximum Gasteiger partial charge on any atom is 0.160 e. The van der Waals surface area contributed by atoms with Gasteiger partial charge in [-0.15, -0.1) is 0 Å². The summed E-state index contributed by atoms with van der Waals surface area (Å²) in [5.74, 6) is 0.803. The molecule has 0 amide bonds. The third-order valence-electron chi connectivity index (χ3n) is 2.22. The number of aromatic nitrogens is 2. The molecule has 0 aromatic carbocycles. The molecule has 0 aliphatic rings. The molecule has 0 spiro atoms. The van der Waals surface area contributed by atoms with E-state index < -0.39 is 0 Å². The van der Waals surface area contributed by atoms with E-state index in [1.807, 2.05) is 31.4 Å². The maximum absolute atomic E-state index is 5.78. The summed E-state index contributed by atoms with van der Waals surface area (Å²) in [5.41, 5.74) is 8.88. The van der Waals surface area contributed by atoms with E-state index in [1.165, 1.54) is 0 Å². The summed E-state index contributed by atoms with van der Waals surface area (Å²) in [4.78, 5) is 8.97. The van der Waals surface area contributed by atoms with Gasteiger partial charge in [-0.05, 0) is 31.4 Å². The summed E-state index contributed by atoms with van der Waals surface area (Å²) in [6.45, 7) is 3.98. The van der Waals surface area contributed by atoms with Crippen molar-refractivity contribution in [3.8, 4) is 11.4 Å². The Labute approximate surface area is 99.4 Å². The lowest BCUT2D eigenvalue weighted by Crippen LogP contribution is -2.18. The number of rotatable bonds is 3. The van der Waals surface area contributed by atoms with Gasteiger partial charge < -0.3 is 5.73 Å². The standard InChI is InChI=1S/C12H15N3S/c1-8(13)5-11-6-9(2)14-12(15-11)10-3-4-16-7-10/h3-4,6-8H,5,13H2,1-2H3. The van der Waals surface area contributed by atoms with Crippen LogP contribution < -0.4 is 5.73 Å². The Balaban J connectivity index is 2.36. The largest absolute Gasteiger partial charge is 0.328 e. The summed E-state index contributed by atoms with van der Waals surface area (Å²) < 4.78 is 0. The summed E-state index contributed by atoms with van der Waals surface area (Å²) in [6.07, 6.45) is 0.792. The predicted octanol–water partition coefficient (Wildman–Crippen LogP) is 2.40. The van der Waals surface area contributed by atoms with Crippen LogP contribution in [0.15, 0.2) is 22.9 Å². The van der Waals surface area contributed by atoms with E-state index in [0.717, 1.165) is 29.2 Å². The van der Waals surface area contributed by atoms with Crippen LogP contribution in [0.4, 0.5) is 0 Å². The molecule has 16 heavy (non-hydrogen) atoms. The van der Waals surface area contributed by atoms with Gasteiger partial charge in [-0.25, -0.2) is 9.97 Å². The van der Waals surface area contributed by atoms with Crippen LogP contribution in [0, 0.1) is 6.92 Å². The molecule has 2 aromatic rings. The normalized spacial score (nSPS) is 12.7. The monoisotopic (exact) mass is 233 g/mol. The third-order valence-corrected chi connectivity index (χ3v) is 2.90. The molecule has 0 aliphatic carbocycles. The zero-order valence-electron chi connectivity index (χ0n) is 9.47. The molecule has 84 valence electrons. The third kappa shape index (κ3) is 2.65. The lowest BCUT2D eigenvalue weighted by atomic mass is 10.1. The number of aryl methyl sites for hydroxylation is 1. The molecule has 0 bridgehead atoms. The number of nitrogens with two attached hydrogens (primary N) is 1. The van der Waals surface area contributed by atoms with E-state index >= 15 is 0 Å². The highest BCUT2D eigenvalue weighted by molar-refractivity contribution is 7.08. The van der Waals surface area contributed by atoms with Crippen molar-refractivity contribution in [2.45, 2.75) is 26.3 Å². The molecule has 2 N–H and O–H groups in total. The van der Waals surface area contributed by atoms with E-state index in [9.17, 15) is 0 Å². The first-order valence-electron chi connectivity index (χ1n) is 5.28. The number of hydrogen-bond acceptors (Lipinski definition) is 4. The average molecular weight is 233 g/mol. The molecule has 0 aliphatic heterocycles. The Morgan fingerprint density at radius 3 is 2.88 bits per heavy atom. The van der Waals surface area contributed by atoms with Gasteiger partial charge in [-0.3, -0.25) is 0 Å². The van der Waals surface area contributed by atoms with E-state index in [0.29, 0.717) is 0 Å². The summed E-state index contributed by atoms with van der Waals surface area (Å²) in [6, 6.07) is 4.17. The van der Waals surface area contributed by atoms with Crippen LogP contribution >= 0.6 is 11.3 Å². The highest BCUT2D eigenvalue weighted by Gasteiger charge is 2.06. The molecule has 0 fully saturated rings. The molecule has 0 radical (unpaired) electrons. The number of thiophene rings is 1. The van der Waals surface area contributed by atoms with Crippen molar-refractivity contribution < 1.29 is 0 Å². The van der Waals surface area contributed by atoms with Crippen LogP contribution in [-0.4, -0.2) is 16.0 Å². The van der Waals surface area contributed by atoms with Crippen molar-refractivity contribution in [1.29, 1.82) is 0 Å². The minimum Gasteiger partial charge on any atom is -0.328 e. The van der Waals surface area contributed by atoms with Gasteiger partial charge in [-0.1, -0.05) is 0 Å². The SMILES string of the molecule is Cc1cc(CC(C)N)nc(-c2ccsc2)n1. The second kappa shape index (κ2) is 4.72. The fraction of sp³-hybridized carbons (Fsp3) is 0.333. The quantitative estimate of drug-likeness (QED) is 0.885. The zero-order chi connectivity index (χ0) is 11.5. The van der Waals surface area contributed by atoms with Gasteiger partial charge >= 0.3 is 0 Å². The van der Waals surface area contributed by atoms with Crippen molar-refractivity contribution in [3.05, 3.63) is 34.3 Å². The van der Waals surface area contributed by atoms with Gasteiger partial charge in [0.15, 0.2) is 5.82 Å². The molecular formula is C12H15N3S. The highest BCUT2D eigenvalue weighted by Crippen LogP contribution is 2.19. The topological polar surface area (TPSA) is 51.8 Å². The minimum atomic E-state index is 0.129. The van der Waals surface area contributed by atoms with Gasteiger partial charge in [0.2, 0.25) is 0 Å². The molecule has 3 nitrogen and oxygen atoms in total. The summed E-state index contributed by atoms with van der Waals surface area (Å²) >= 11 is 1.66. The maximum atomic E-state index is 5.78. The van der Waals surface area contributed by atoms with E-state index in [2.05, 4.69) is 15.3 Å². The van der Waals surface area contributed by atoms with E-state index in [1.54, 1.807) is 11.3 Å². The molecule has 0 saturated carbocycles. The predicted molar refractivity (Wildman–Crippen MR) is 67.4 cm³/mol. The van der Waals surface area contributed by atoms with E-state index in [-0.39, 0.29) is 6.04 Å². The molecule has 2 rings (SSSR count). The molecule has 2 aromatic heterocycles. The second-order valence-electron chi connectivity index (χ2n) is 4.02. The first kappa shape index (κ1) is 11.2. The lowest BCUT2D eigenvalue weighted by Gasteiger charge is -2.07. The van der Waals surface area contributed by atoms with Crippen LogP contribution in [0.1, 0.15) is 18.3 Å². The summed E-state index contributed by atoms with van der Waals surface area (Å²) in [5, 5.41) is 4.09. The van der Waals surface area contributed by atoms with Crippen LogP contribution in [-0.2, 0) is 6.42 Å². The lowest BCUT2D eigenvalue weighted by molar-refractivity contribution is 0.719. The van der Waals surface area contributed by atoms with Crippen LogP contribution in [0.5, 0.6) is 0 Å². The fourth-order valence-electron chi connectivity index (χ4n) is 1.59. The fourth-order valence-corrected chi connectivity index (χ4v) is 2.22. The average Bonchev–Trinajstić information content (AvgIpc) is 2.67. The minimum absolute atomic E-state index is 0.129. The molecular weight excluding hydrogens is 218 g/mol. The summed E-state index contributed by atoms with van der Waals surface area (Å²) in [7, 11) is 0. The van der Waals surface area contributed by atoms with Crippen LogP contribution in [0.25, 0.3) is 11.4 Å². The zero-order valence-corrected chi connectivity index (χ0v) is 10.3. The van der Waals surface area contributed by atoms with Gasteiger partial charge in [0.25, 0.3) is 0 Å². The Kier molecular flexibility index (Phi) is 3.31. The smallest absolute Gasteiger partial charge is 0.160 e.